The molecule has 0 aliphatic carbocycles. The Hall–Kier alpha value is -2.15. The first-order valence-corrected chi connectivity index (χ1v) is 6.26. The minimum absolute atomic E-state index is 0.0675. The van der Waals surface area contributed by atoms with Gasteiger partial charge in [-0.05, 0) is 12.1 Å². The number of nitrogens with one attached hydrogen (secondary N) is 1. The highest BCUT2D eigenvalue weighted by atomic mass is 32.1. The van der Waals surface area contributed by atoms with Crippen LogP contribution in [0.2, 0.25) is 0 Å². The number of amides is 2. The van der Waals surface area contributed by atoms with Crippen molar-refractivity contribution in [1.82, 2.24) is 10.2 Å². The van der Waals surface area contributed by atoms with Crippen LogP contribution < -0.4 is 5.32 Å². The fourth-order valence-electron chi connectivity index (χ4n) is 1.13. The molecule has 0 saturated carbocycles. The van der Waals surface area contributed by atoms with Crippen LogP contribution in [0.1, 0.15) is 15.2 Å². The minimum Gasteiger partial charge on any atom is -0.478 e. The van der Waals surface area contributed by atoms with Gasteiger partial charge in [0.05, 0.1) is 12.1 Å². The molecule has 1 rings (SSSR count). The third-order valence-electron chi connectivity index (χ3n) is 2.17. The second-order valence-electron chi connectivity index (χ2n) is 3.88. The van der Waals surface area contributed by atoms with Crippen molar-refractivity contribution in [2.24, 2.45) is 0 Å². The Morgan fingerprint density at radius 2 is 2.11 bits per heavy atom. The number of carbonyl (C=O) groups is 3. The van der Waals surface area contributed by atoms with Gasteiger partial charge in [-0.2, -0.15) is 0 Å². The van der Waals surface area contributed by atoms with E-state index in [0.717, 1.165) is 6.08 Å². The maximum atomic E-state index is 11.7. The third-order valence-corrected chi connectivity index (χ3v) is 3.07. The highest BCUT2D eigenvalue weighted by molar-refractivity contribution is 7.11. The van der Waals surface area contributed by atoms with Gasteiger partial charge in [-0.3, -0.25) is 9.59 Å². The molecule has 1 aromatic heterocycles. The summed E-state index contributed by atoms with van der Waals surface area (Å²) in [7, 11) is 3.21. The first-order valence-electron chi connectivity index (χ1n) is 5.38. The zero-order valence-corrected chi connectivity index (χ0v) is 11.4. The van der Waals surface area contributed by atoms with Crippen molar-refractivity contribution in [3.05, 3.63) is 28.0 Å². The molecule has 19 heavy (non-hydrogen) atoms. The number of thiophene rings is 1. The summed E-state index contributed by atoms with van der Waals surface area (Å²) in [5.41, 5.74) is 0.404. The molecule has 0 bridgehead atoms. The second kappa shape index (κ2) is 6.69. The molecule has 0 atom stereocenters. The summed E-state index contributed by atoms with van der Waals surface area (Å²) in [6, 6.07) is 1.57. The highest BCUT2D eigenvalue weighted by Gasteiger charge is 2.10. The van der Waals surface area contributed by atoms with Crippen LogP contribution in [0.5, 0.6) is 0 Å². The quantitative estimate of drug-likeness (QED) is 0.777. The Morgan fingerprint density at radius 3 is 2.68 bits per heavy atom. The van der Waals surface area contributed by atoms with Crippen molar-refractivity contribution in [2.75, 3.05) is 20.6 Å². The van der Waals surface area contributed by atoms with Crippen LogP contribution in [0.3, 0.4) is 0 Å². The maximum absolute atomic E-state index is 11.7. The number of rotatable bonds is 5. The van der Waals surface area contributed by atoms with Crippen LogP contribution in [0.4, 0.5) is 0 Å². The molecule has 0 saturated heterocycles. The van der Waals surface area contributed by atoms with Gasteiger partial charge < -0.3 is 15.3 Å². The standard InChI is InChI=1S/C12H14N2O4S/c1-14(2)10(15)6-13-12(18)8-5-9(19-7-8)3-4-11(16)17/h3-5,7H,6H2,1-2H3,(H,13,18)(H,16,17). The van der Waals surface area contributed by atoms with Crippen LogP contribution in [0.15, 0.2) is 17.5 Å². The van der Waals surface area contributed by atoms with Crippen molar-refractivity contribution in [3.8, 4) is 0 Å². The lowest BCUT2D eigenvalue weighted by molar-refractivity contribution is -0.131. The van der Waals surface area contributed by atoms with Gasteiger partial charge in [0.25, 0.3) is 5.91 Å². The predicted molar refractivity (Wildman–Crippen MR) is 72.0 cm³/mol. The molecule has 6 nitrogen and oxygen atoms in total. The first-order chi connectivity index (χ1) is 8.90. The number of hydrogen-bond acceptors (Lipinski definition) is 4. The van der Waals surface area contributed by atoms with Gasteiger partial charge in [0, 0.05) is 30.4 Å². The van der Waals surface area contributed by atoms with Crippen molar-refractivity contribution in [1.29, 1.82) is 0 Å². The fraction of sp³-hybridized carbons (Fsp3) is 0.250. The Kier molecular flexibility index (Phi) is 5.25. The number of carbonyl (C=O) groups excluding carboxylic acids is 2. The largest absolute Gasteiger partial charge is 0.478 e. The van der Waals surface area contributed by atoms with Gasteiger partial charge >= 0.3 is 5.97 Å². The lowest BCUT2D eigenvalue weighted by Gasteiger charge is -2.10. The smallest absolute Gasteiger partial charge is 0.328 e. The monoisotopic (exact) mass is 282 g/mol. The van der Waals surface area contributed by atoms with Crippen LogP contribution >= 0.6 is 11.3 Å². The maximum Gasteiger partial charge on any atom is 0.328 e. The van der Waals surface area contributed by atoms with Crippen molar-refractivity contribution in [3.63, 3.8) is 0 Å². The van der Waals surface area contributed by atoms with E-state index in [1.807, 2.05) is 0 Å². The summed E-state index contributed by atoms with van der Waals surface area (Å²) in [4.78, 5) is 35.4. The molecule has 0 unspecified atom stereocenters. The zero-order valence-electron chi connectivity index (χ0n) is 10.5. The number of hydrogen-bond donors (Lipinski definition) is 2. The molecule has 0 aliphatic heterocycles. The molecule has 0 spiro atoms. The summed E-state index contributed by atoms with van der Waals surface area (Å²) in [5, 5.41) is 12.6. The number of nitrogens with zero attached hydrogens (tertiary/aromatic N) is 1. The van der Waals surface area contributed by atoms with Crippen molar-refractivity contribution < 1.29 is 19.5 Å². The molecule has 0 aliphatic rings. The molecular formula is C12H14N2O4S. The molecular weight excluding hydrogens is 268 g/mol. The summed E-state index contributed by atoms with van der Waals surface area (Å²) < 4.78 is 0. The molecule has 7 heteroatoms. The van der Waals surface area contributed by atoms with Gasteiger partial charge in [-0.15, -0.1) is 11.3 Å². The van der Waals surface area contributed by atoms with E-state index in [4.69, 9.17) is 5.11 Å². The summed E-state index contributed by atoms with van der Waals surface area (Å²) >= 11 is 1.25. The lowest BCUT2D eigenvalue weighted by Crippen LogP contribution is -2.36. The molecule has 102 valence electrons. The average molecular weight is 282 g/mol. The third kappa shape index (κ3) is 4.92. The van der Waals surface area contributed by atoms with Gasteiger partial charge in [0.1, 0.15) is 0 Å². The van der Waals surface area contributed by atoms with E-state index in [1.165, 1.54) is 22.3 Å². The molecule has 0 radical (unpaired) electrons. The first kappa shape index (κ1) is 14.9. The minimum atomic E-state index is -1.05. The molecule has 0 fully saturated rings. The van der Waals surface area contributed by atoms with Gasteiger partial charge in [-0.1, -0.05) is 0 Å². The molecule has 1 aromatic rings. The second-order valence-corrected chi connectivity index (χ2v) is 4.82. The van der Waals surface area contributed by atoms with Crippen LogP contribution in [0, 0.1) is 0 Å². The van der Waals surface area contributed by atoms with E-state index in [9.17, 15) is 14.4 Å². The molecule has 2 amide bonds. The van der Waals surface area contributed by atoms with E-state index >= 15 is 0 Å². The molecule has 0 aromatic carbocycles. The number of carboxylic acid groups (broad SMARTS) is 1. The number of carboxylic acids is 1. The van der Waals surface area contributed by atoms with E-state index in [-0.39, 0.29) is 18.4 Å². The normalized spacial score (nSPS) is 10.4. The Bertz CT molecular complexity index is 520. The summed E-state index contributed by atoms with van der Waals surface area (Å²) in [6.07, 6.45) is 2.41. The highest BCUT2D eigenvalue weighted by Crippen LogP contribution is 2.16. The summed E-state index contributed by atoms with van der Waals surface area (Å²) in [6.45, 7) is -0.0675. The van der Waals surface area contributed by atoms with E-state index in [1.54, 1.807) is 25.5 Å². The lowest BCUT2D eigenvalue weighted by atomic mass is 10.3. The van der Waals surface area contributed by atoms with Crippen LogP contribution in [-0.2, 0) is 9.59 Å². The molecule has 1 heterocycles. The Labute approximate surface area is 114 Å². The SMILES string of the molecule is CN(C)C(=O)CNC(=O)c1csc(C=CC(=O)O)c1. The predicted octanol–water partition coefficient (Wildman–Crippen LogP) is 0.664. The van der Waals surface area contributed by atoms with Crippen molar-refractivity contribution >= 4 is 35.2 Å². The molecule has 2 N–H and O–H groups in total. The number of likely N-dealkylation sites (N-methyl/N-ethyl adjacent to an activating group) is 1. The number of aliphatic carboxylic acids is 1. The average Bonchev–Trinajstić information content (AvgIpc) is 2.81. The van der Waals surface area contributed by atoms with E-state index in [2.05, 4.69) is 5.32 Å². The van der Waals surface area contributed by atoms with E-state index < -0.39 is 5.97 Å². The summed E-state index contributed by atoms with van der Waals surface area (Å²) in [5.74, 6) is -1.60. The Balaban J connectivity index is 2.59. The van der Waals surface area contributed by atoms with Gasteiger partial charge in [0.15, 0.2) is 0 Å². The van der Waals surface area contributed by atoms with Gasteiger partial charge in [0.2, 0.25) is 5.91 Å². The van der Waals surface area contributed by atoms with Crippen LogP contribution in [-0.4, -0.2) is 48.4 Å². The van der Waals surface area contributed by atoms with Crippen molar-refractivity contribution in [2.45, 2.75) is 0 Å². The topological polar surface area (TPSA) is 86.7 Å². The van der Waals surface area contributed by atoms with Gasteiger partial charge in [-0.25, -0.2) is 4.79 Å². The fourth-order valence-corrected chi connectivity index (χ4v) is 1.91. The Morgan fingerprint density at radius 1 is 1.42 bits per heavy atom. The van der Waals surface area contributed by atoms with E-state index in [0.29, 0.717) is 10.4 Å². The zero-order chi connectivity index (χ0) is 14.4. The van der Waals surface area contributed by atoms with Crippen LogP contribution in [0.25, 0.3) is 6.08 Å².